The quantitative estimate of drug-likeness (QED) is 0.800. The summed E-state index contributed by atoms with van der Waals surface area (Å²) in [6.07, 6.45) is 1.12. The Labute approximate surface area is 126 Å². The van der Waals surface area contributed by atoms with Crippen LogP contribution in [0.2, 0.25) is 0 Å². The summed E-state index contributed by atoms with van der Waals surface area (Å²) in [7, 11) is 0. The number of carboxylic acid groups (broad SMARTS) is 1. The molecule has 0 fully saturated rings. The van der Waals surface area contributed by atoms with E-state index >= 15 is 0 Å². The van der Waals surface area contributed by atoms with Crippen molar-refractivity contribution < 1.29 is 19.5 Å². The van der Waals surface area contributed by atoms with E-state index in [9.17, 15) is 14.4 Å². The minimum atomic E-state index is -1.10. The molecule has 2 amide bonds. The Hall–Kier alpha value is -3.22. The molecule has 7 nitrogen and oxygen atoms in total. The SMILES string of the molecule is CC(=O)Nc1ccc(NC(=O)c2ccc(C(=O)O)cn2)cc1. The Kier molecular flexibility index (Phi) is 4.47. The Morgan fingerprint density at radius 2 is 1.55 bits per heavy atom. The van der Waals surface area contributed by atoms with Crippen molar-refractivity contribution >= 4 is 29.2 Å². The molecular formula is C15H13N3O4. The van der Waals surface area contributed by atoms with Gasteiger partial charge < -0.3 is 15.7 Å². The number of carbonyl (C=O) groups is 3. The fourth-order valence-electron chi connectivity index (χ4n) is 1.69. The van der Waals surface area contributed by atoms with Crippen molar-refractivity contribution in [1.29, 1.82) is 0 Å². The number of nitrogens with zero attached hydrogens (tertiary/aromatic N) is 1. The van der Waals surface area contributed by atoms with E-state index in [1.54, 1.807) is 24.3 Å². The van der Waals surface area contributed by atoms with Crippen LogP contribution in [0.4, 0.5) is 11.4 Å². The highest BCUT2D eigenvalue weighted by atomic mass is 16.4. The highest BCUT2D eigenvalue weighted by molar-refractivity contribution is 6.03. The minimum Gasteiger partial charge on any atom is -0.478 e. The van der Waals surface area contributed by atoms with Crippen LogP contribution in [0, 0.1) is 0 Å². The monoisotopic (exact) mass is 299 g/mol. The first-order valence-corrected chi connectivity index (χ1v) is 6.34. The molecule has 1 heterocycles. The fourth-order valence-corrected chi connectivity index (χ4v) is 1.69. The lowest BCUT2D eigenvalue weighted by molar-refractivity contribution is -0.114. The lowest BCUT2D eigenvalue weighted by atomic mass is 10.2. The number of carboxylic acids is 1. The molecule has 0 aliphatic rings. The first kappa shape index (κ1) is 15.2. The van der Waals surface area contributed by atoms with E-state index in [0.717, 1.165) is 6.20 Å². The van der Waals surface area contributed by atoms with E-state index in [4.69, 9.17) is 5.11 Å². The van der Waals surface area contributed by atoms with Crippen molar-refractivity contribution in [2.24, 2.45) is 0 Å². The van der Waals surface area contributed by atoms with Crippen LogP contribution in [0.5, 0.6) is 0 Å². The first-order chi connectivity index (χ1) is 10.5. The number of aromatic carboxylic acids is 1. The van der Waals surface area contributed by atoms with E-state index in [1.807, 2.05) is 0 Å². The van der Waals surface area contributed by atoms with Gasteiger partial charge in [0, 0.05) is 24.5 Å². The predicted molar refractivity (Wildman–Crippen MR) is 79.9 cm³/mol. The number of amides is 2. The molecule has 112 valence electrons. The highest BCUT2D eigenvalue weighted by Crippen LogP contribution is 2.14. The van der Waals surface area contributed by atoms with Crippen LogP contribution >= 0.6 is 0 Å². The molecule has 0 atom stereocenters. The summed E-state index contributed by atoms with van der Waals surface area (Å²) in [6, 6.07) is 9.22. The van der Waals surface area contributed by atoms with Gasteiger partial charge in [-0.15, -0.1) is 0 Å². The molecule has 1 aromatic heterocycles. The molecule has 0 spiro atoms. The van der Waals surface area contributed by atoms with Gasteiger partial charge in [0.15, 0.2) is 0 Å². The second kappa shape index (κ2) is 6.49. The maximum Gasteiger partial charge on any atom is 0.337 e. The maximum atomic E-state index is 12.0. The predicted octanol–water partition coefficient (Wildman–Crippen LogP) is 1.99. The second-order valence-corrected chi connectivity index (χ2v) is 4.45. The zero-order chi connectivity index (χ0) is 16.1. The van der Waals surface area contributed by atoms with Gasteiger partial charge in [-0.3, -0.25) is 14.6 Å². The molecule has 7 heteroatoms. The van der Waals surface area contributed by atoms with Crippen LogP contribution in [0.1, 0.15) is 27.8 Å². The van der Waals surface area contributed by atoms with Crippen LogP contribution in [-0.4, -0.2) is 27.9 Å². The third kappa shape index (κ3) is 3.89. The lowest BCUT2D eigenvalue weighted by Crippen LogP contribution is -2.14. The first-order valence-electron chi connectivity index (χ1n) is 6.34. The van der Waals surface area contributed by atoms with Gasteiger partial charge in [0.25, 0.3) is 5.91 Å². The Balaban J connectivity index is 2.05. The number of pyridine rings is 1. The average molecular weight is 299 g/mol. The van der Waals surface area contributed by atoms with Crippen LogP contribution in [0.15, 0.2) is 42.6 Å². The number of anilines is 2. The third-order valence-corrected chi connectivity index (χ3v) is 2.71. The summed E-state index contributed by atoms with van der Waals surface area (Å²) < 4.78 is 0. The molecule has 0 unspecified atom stereocenters. The van der Waals surface area contributed by atoms with E-state index in [-0.39, 0.29) is 17.2 Å². The van der Waals surface area contributed by atoms with Crippen molar-refractivity contribution in [2.45, 2.75) is 6.92 Å². The normalized spacial score (nSPS) is 9.86. The Morgan fingerprint density at radius 1 is 0.955 bits per heavy atom. The average Bonchev–Trinajstić information content (AvgIpc) is 2.49. The number of rotatable bonds is 4. The molecule has 2 rings (SSSR count). The minimum absolute atomic E-state index is 0.0104. The van der Waals surface area contributed by atoms with E-state index in [0.29, 0.717) is 11.4 Å². The molecule has 3 N–H and O–H groups in total. The van der Waals surface area contributed by atoms with Gasteiger partial charge in [-0.1, -0.05) is 0 Å². The molecule has 0 saturated carbocycles. The number of hydrogen-bond donors (Lipinski definition) is 3. The number of benzene rings is 1. The zero-order valence-electron chi connectivity index (χ0n) is 11.7. The molecule has 22 heavy (non-hydrogen) atoms. The number of hydrogen-bond acceptors (Lipinski definition) is 4. The van der Waals surface area contributed by atoms with Crippen LogP contribution in [0.25, 0.3) is 0 Å². The zero-order valence-corrected chi connectivity index (χ0v) is 11.7. The molecule has 0 radical (unpaired) electrons. The Morgan fingerprint density at radius 3 is 2.00 bits per heavy atom. The van der Waals surface area contributed by atoms with Crippen LogP contribution < -0.4 is 10.6 Å². The number of aromatic nitrogens is 1. The van der Waals surface area contributed by atoms with Gasteiger partial charge in [0.1, 0.15) is 5.69 Å². The van der Waals surface area contributed by atoms with Crippen molar-refractivity contribution in [3.05, 3.63) is 53.9 Å². The van der Waals surface area contributed by atoms with Crippen molar-refractivity contribution in [2.75, 3.05) is 10.6 Å². The Bertz CT molecular complexity index is 709. The smallest absolute Gasteiger partial charge is 0.337 e. The summed E-state index contributed by atoms with van der Waals surface area (Å²) in [5, 5.41) is 14.0. The van der Waals surface area contributed by atoms with Gasteiger partial charge in [-0.05, 0) is 36.4 Å². The molecule has 0 aliphatic heterocycles. The van der Waals surface area contributed by atoms with Crippen LogP contribution in [-0.2, 0) is 4.79 Å². The topological polar surface area (TPSA) is 108 Å². The molecule has 0 bridgehead atoms. The van der Waals surface area contributed by atoms with Crippen molar-refractivity contribution in [1.82, 2.24) is 4.98 Å². The van der Waals surface area contributed by atoms with E-state index in [2.05, 4.69) is 15.6 Å². The molecule has 2 aromatic rings. The fraction of sp³-hybridized carbons (Fsp3) is 0.0667. The summed E-state index contributed by atoms with van der Waals surface area (Å²) in [5.74, 6) is -1.74. The largest absolute Gasteiger partial charge is 0.478 e. The van der Waals surface area contributed by atoms with Gasteiger partial charge in [0.05, 0.1) is 5.56 Å². The standard InChI is InChI=1S/C15H13N3O4/c1-9(19)17-11-3-5-12(6-4-11)18-14(20)13-7-2-10(8-16-13)15(21)22/h2-8H,1H3,(H,17,19)(H,18,20)(H,21,22). The highest BCUT2D eigenvalue weighted by Gasteiger charge is 2.09. The van der Waals surface area contributed by atoms with Crippen molar-refractivity contribution in [3.63, 3.8) is 0 Å². The maximum absolute atomic E-state index is 12.0. The van der Waals surface area contributed by atoms with Crippen molar-refractivity contribution in [3.8, 4) is 0 Å². The van der Waals surface area contributed by atoms with Crippen LogP contribution in [0.3, 0.4) is 0 Å². The number of carbonyl (C=O) groups excluding carboxylic acids is 2. The number of nitrogens with one attached hydrogen (secondary N) is 2. The van der Waals surface area contributed by atoms with Gasteiger partial charge in [-0.25, -0.2) is 4.79 Å². The van der Waals surface area contributed by atoms with Gasteiger partial charge >= 0.3 is 5.97 Å². The molecule has 0 saturated heterocycles. The van der Waals surface area contributed by atoms with E-state index in [1.165, 1.54) is 19.1 Å². The summed E-state index contributed by atoms with van der Waals surface area (Å²) in [6.45, 7) is 1.40. The summed E-state index contributed by atoms with van der Waals surface area (Å²) >= 11 is 0. The third-order valence-electron chi connectivity index (χ3n) is 2.71. The molecule has 1 aromatic carbocycles. The van der Waals surface area contributed by atoms with E-state index < -0.39 is 11.9 Å². The summed E-state index contributed by atoms with van der Waals surface area (Å²) in [5.41, 5.74) is 1.27. The van der Waals surface area contributed by atoms with Gasteiger partial charge in [0.2, 0.25) is 5.91 Å². The molecule has 0 aliphatic carbocycles. The molecular weight excluding hydrogens is 286 g/mol. The van der Waals surface area contributed by atoms with Gasteiger partial charge in [-0.2, -0.15) is 0 Å². The summed E-state index contributed by atoms with van der Waals surface area (Å²) in [4.78, 5) is 37.4. The second-order valence-electron chi connectivity index (χ2n) is 4.45. The lowest BCUT2D eigenvalue weighted by Gasteiger charge is -2.06.